The van der Waals surface area contributed by atoms with Gasteiger partial charge in [0.1, 0.15) is 6.61 Å². The Labute approximate surface area is 134 Å². The first kappa shape index (κ1) is 15.2. The van der Waals surface area contributed by atoms with Crippen molar-refractivity contribution in [2.24, 2.45) is 0 Å². The van der Waals surface area contributed by atoms with E-state index >= 15 is 0 Å². The molecule has 0 aliphatic rings. The average molecular weight is 310 g/mol. The van der Waals surface area contributed by atoms with Crippen LogP contribution in [0.15, 0.2) is 42.6 Å². The van der Waals surface area contributed by atoms with E-state index in [0.717, 1.165) is 22.7 Å². The van der Waals surface area contributed by atoms with Crippen LogP contribution in [0.25, 0.3) is 16.4 Å². The summed E-state index contributed by atoms with van der Waals surface area (Å²) in [6.07, 6.45) is 2.53. The summed E-state index contributed by atoms with van der Waals surface area (Å²) < 4.78 is 7.27. The Kier molecular flexibility index (Phi) is 4.12. The molecule has 0 bridgehead atoms. The fourth-order valence-corrected chi connectivity index (χ4v) is 2.63. The van der Waals surface area contributed by atoms with E-state index in [9.17, 15) is 9.59 Å². The van der Waals surface area contributed by atoms with Crippen LogP contribution in [0.1, 0.15) is 20.7 Å². The minimum atomic E-state index is -0.343. The number of carbonyl (C=O) groups excluding carboxylic acids is 2. The number of aldehydes is 1. The average Bonchev–Trinajstić information content (AvgIpc) is 2.88. The normalized spacial score (nSPS) is 11.3. The Morgan fingerprint density at radius 2 is 1.96 bits per heavy atom. The highest BCUT2D eigenvalue weighted by Crippen LogP contribution is 2.27. The number of hydrogen-bond donors (Lipinski definition) is 0. The van der Waals surface area contributed by atoms with Gasteiger partial charge in [-0.15, -0.1) is 0 Å². The van der Waals surface area contributed by atoms with E-state index < -0.39 is 0 Å². The maximum Gasteiger partial charge on any atom is 0.341 e. The van der Waals surface area contributed by atoms with Crippen LogP contribution in [0.5, 0.6) is 0 Å². The monoisotopic (exact) mass is 310 g/mol. The molecule has 23 heavy (non-hydrogen) atoms. The third kappa shape index (κ3) is 2.83. The quantitative estimate of drug-likeness (QED) is 0.537. The first-order valence-corrected chi connectivity index (χ1v) is 7.41. The van der Waals surface area contributed by atoms with E-state index in [-0.39, 0.29) is 5.97 Å². The summed E-state index contributed by atoms with van der Waals surface area (Å²) in [4.78, 5) is 25.5. The van der Waals surface area contributed by atoms with Crippen molar-refractivity contribution < 1.29 is 14.3 Å². The van der Waals surface area contributed by atoms with Gasteiger partial charge in [0.2, 0.25) is 0 Å². The van der Waals surface area contributed by atoms with Gasteiger partial charge in [-0.05, 0) is 32.3 Å². The first-order chi connectivity index (χ1) is 11.1. The highest BCUT2D eigenvalue weighted by molar-refractivity contribution is 6.11. The molecule has 0 amide bonds. The molecular formula is C18H18N2O3. The number of likely N-dealkylation sites (N-methyl/N-ethyl adjacent to an activating group) is 1. The lowest BCUT2D eigenvalue weighted by Gasteiger charge is -2.09. The van der Waals surface area contributed by atoms with Crippen LogP contribution in [0.4, 0.5) is 0 Å². The van der Waals surface area contributed by atoms with E-state index in [0.29, 0.717) is 24.3 Å². The molecule has 5 nitrogen and oxygen atoms in total. The second kappa shape index (κ2) is 6.22. The molecule has 0 atom stereocenters. The summed E-state index contributed by atoms with van der Waals surface area (Å²) in [6.45, 7) is 1.01. The van der Waals surface area contributed by atoms with Crippen LogP contribution >= 0.6 is 0 Å². The van der Waals surface area contributed by atoms with E-state index in [1.165, 1.54) is 0 Å². The van der Waals surface area contributed by atoms with E-state index in [1.807, 2.05) is 47.7 Å². The van der Waals surface area contributed by atoms with Crippen molar-refractivity contribution in [1.29, 1.82) is 0 Å². The minimum Gasteiger partial charge on any atom is -0.461 e. The van der Waals surface area contributed by atoms with Crippen molar-refractivity contribution in [3.63, 3.8) is 0 Å². The van der Waals surface area contributed by atoms with Gasteiger partial charge in [0.15, 0.2) is 6.29 Å². The maximum absolute atomic E-state index is 12.5. The largest absolute Gasteiger partial charge is 0.461 e. The zero-order valence-corrected chi connectivity index (χ0v) is 13.2. The van der Waals surface area contributed by atoms with Gasteiger partial charge in [-0.3, -0.25) is 4.79 Å². The Hall–Kier alpha value is -2.66. The lowest BCUT2D eigenvalue weighted by atomic mass is 10.1. The molecule has 2 aromatic heterocycles. The molecule has 3 aromatic rings. The Morgan fingerprint density at radius 1 is 1.17 bits per heavy atom. The van der Waals surface area contributed by atoms with Crippen molar-refractivity contribution in [3.8, 4) is 0 Å². The van der Waals surface area contributed by atoms with Crippen molar-refractivity contribution in [3.05, 3.63) is 53.7 Å². The van der Waals surface area contributed by atoms with E-state index in [1.54, 1.807) is 18.3 Å². The molecule has 0 aliphatic carbocycles. The molecule has 5 heteroatoms. The molecule has 0 aliphatic heterocycles. The molecule has 0 radical (unpaired) electrons. The van der Waals surface area contributed by atoms with Gasteiger partial charge in [-0.25, -0.2) is 4.79 Å². The fourth-order valence-electron chi connectivity index (χ4n) is 2.63. The molecule has 0 saturated carbocycles. The van der Waals surface area contributed by atoms with Gasteiger partial charge in [0.05, 0.1) is 16.6 Å². The van der Waals surface area contributed by atoms with E-state index in [2.05, 4.69) is 0 Å². The lowest BCUT2D eigenvalue weighted by Crippen LogP contribution is -2.20. The van der Waals surface area contributed by atoms with Gasteiger partial charge in [0, 0.05) is 23.7 Å². The third-order valence-corrected chi connectivity index (χ3v) is 3.77. The van der Waals surface area contributed by atoms with Gasteiger partial charge >= 0.3 is 5.97 Å². The van der Waals surface area contributed by atoms with Crippen molar-refractivity contribution >= 4 is 28.7 Å². The Bertz CT molecular complexity index is 880. The standard InChI is InChI=1S/C18H18N2O3/c1-19(2)9-10-23-18(22)17-14-5-3-4-6-15(14)20-11-13(12-21)7-8-16(17)20/h3-8,11-12H,9-10H2,1-2H3. The number of nitrogens with zero attached hydrogens (tertiary/aromatic N) is 2. The van der Waals surface area contributed by atoms with Gasteiger partial charge in [0.25, 0.3) is 0 Å². The topological polar surface area (TPSA) is 51.0 Å². The number of benzene rings is 1. The maximum atomic E-state index is 12.5. The number of hydrogen-bond acceptors (Lipinski definition) is 4. The summed E-state index contributed by atoms with van der Waals surface area (Å²) in [5.74, 6) is -0.343. The number of ether oxygens (including phenoxy) is 1. The molecule has 0 fully saturated rings. The van der Waals surface area contributed by atoms with Crippen LogP contribution in [0.2, 0.25) is 0 Å². The van der Waals surface area contributed by atoms with Crippen molar-refractivity contribution in [2.45, 2.75) is 0 Å². The molecule has 2 heterocycles. The zero-order chi connectivity index (χ0) is 16.4. The molecule has 0 spiro atoms. The fraction of sp³-hybridized carbons (Fsp3) is 0.222. The van der Waals surface area contributed by atoms with Gasteiger partial charge in [-0.2, -0.15) is 0 Å². The SMILES string of the molecule is CN(C)CCOC(=O)c1c2ccccc2n2cc(C=O)ccc12. The summed E-state index contributed by atoms with van der Waals surface area (Å²) in [5, 5.41) is 0.824. The highest BCUT2D eigenvalue weighted by Gasteiger charge is 2.19. The molecule has 0 N–H and O–H groups in total. The summed E-state index contributed by atoms with van der Waals surface area (Å²) in [5.41, 5.74) is 2.72. The number of para-hydroxylation sites is 1. The molecule has 1 aromatic carbocycles. The summed E-state index contributed by atoms with van der Waals surface area (Å²) in [7, 11) is 3.86. The highest BCUT2D eigenvalue weighted by atomic mass is 16.5. The van der Waals surface area contributed by atoms with Crippen LogP contribution in [0, 0.1) is 0 Å². The second-order valence-corrected chi connectivity index (χ2v) is 5.67. The van der Waals surface area contributed by atoms with Crippen LogP contribution in [0.3, 0.4) is 0 Å². The Balaban J connectivity index is 2.10. The van der Waals surface area contributed by atoms with Gasteiger partial charge in [-0.1, -0.05) is 18.2 Å². The number of rotatable bonds is 5. The molecular weight excluding hydrogens is 292 g/mol. The zero-order valence-electron chi connectivity index (χ0n) is 13.2. The predicted octanol–water partition coefficient (Wildman–Crippen LogP) is 2.62. The number of carbonyl (C=O) groups is 2. The number of aromatic nitrogens is 1. The van der Waals surface area contributed by atoms with Crippen LogP contribution in [-0.4, -0.2) is 48.8 Å². The Morgan fingerprint density at radius 3 is 2.70 bits per heavy atom. The number of pyridine rings is 1. The second-order valence-electron chi connectivity index (χ2n) is 5.67. The smallest absolute Gasteiger partial charge is 0.341 e. The minimum absolute atomic E-state index is 0.337. The van der Waals surface area contributed by atoms with Crippen LogP contribution in [-0.2, 0) is 4.74 Å². The summed E-state index contributed by atoms with van der Waals surface area (Å²) in [6, 6.07) is 11.1. The molecule has 0 unspecified atom stereocenters. The van der Waals surface area contributed by atoms with E-state index in [4.69, 9.17) is 4.74 Å². The predicted molar refractivity (Wildman–Crippen MR) is 89.1 cm³/mol. The van der Waals surface area contributed by atoms with Gasteiger partial charge < -0.3 is 14.0 Å². The molecule has 0 saturated heterocycles. The van der Waals surface area contributed by atoms with Crippen molar-refractivity contribution in [1.82, 2.24) is 9.30 Å². The number of esters is 1. The molecule has 118 valence electrons. The first-order valence-electron chi connectivity index (χ1n) is 7.41. The van der Waals surface area contributed by atoms with Crippen molar-refractivity contribution in [2.75, 3.05) is 27.2 Å². The third-order valence-electron chi connectivity index (χ3n) is 3.77. The van der Waals surface area contributed by atoms with Crippen LogP contribution < -0.4 is 0 Å². The lowest BCUT2D eigenvalue weighted by molar-refractivity contribution is 0.0486. The summed E-state index contributed by atoms with van der Waals surface area (Å²) >= 11 is 0. The number of fused-ring (bicyclic) bond motifs is 3. The molecule has 3 rings (SSSR count).